The molecule has 29 heavy (non-hydrogen) atoms. The summed E-state index contributed by atoms with van der Waals surface area (Å²) < 4.78 is 0. The van der Waals surface area contributed by atoms with Crippen LogP contribution in [0.5, 0.6) is 0 Å². The Hall–Kier alpha value is -2.58. The number of nitrogens with zero attached hydrogens (tertiary/aromatic N) is 3. The molecule has 2 aromatic carbocycles. The van der Waals surface area contributed by atoms with Gasteiger partial charge in [0, 0.05) is 22.7 Å². The second kappa shape index (κ2) is 7.35. The molecule has 1 spiro atoms. The lowest BCUT2D eigenvalue weighted by Gasteiger charge is -2.43. The molecule has 2 unspecified atom stereocenters. The van der Waals surface area contributed by atoms with Crippen LogP contribution in [0.3, 0.4) is 0 Å². The number of rotatable bonds is 3. The molecular weight excluding hydrogens is 358 g/mol. The highest BCUT2D eigenvalue weighted by molar-refractivity contribution is 5.89. The van der Waals surface area contributed by atoms with E-state index in [-0.39, 0.29) is 17.4 Å². The van der Waals surface area contributed by atoms with Crippen molar-refractivity contribution < 1.29 is 4.79 Å². The predicted octanol–water partition coefficient (Wildman–Crippen LogP) is 6.01. The molecule has 148 valence electrons. The number of hydrogen-bond donors (Lipinski definition) is 0. The lowest BCUT2D eigenvalue weighted by molar-refractivity contribution is -0.128. The number of Topliss-reactive ketones (excluding diaryl/α,β-unsaturated/α-hetero) is 1. The van der Waals surface area contributed by atoms with Crippen molar-refractivity contribution in [2.75, 3.05) is 0 Å². The van der Waals surface area contributed by atoms with Gasteiger partial charge in [-0.05, 0) is 72.6 Å². The molecule has 2 aromatic rings. The number of azide groups is 1. The van der Waals surface area contributed by atoms with Crippen molar-refractivity contribution in [1.82, 2.24) is 0 Å². The largest absolute Gasteiger partial charge is 0.299 e. The Balaban J connectivity index is 1.38. The van der Waals surface area contributed by atoms with Crippen LogP contribution in [0.2, 0.25) is 0 Å². The van der Waals surface area contributed by atoms with E-state index in [0.29, 0.717) is 24.0 Å². The number of fused-ring (bicyclic) bond motifs is 1. The maximum atomic E-state index is 13.2. The summed E-state index contributed by atoms with van der Waals surface area (Å²) in [5.74, 6) is 1.74. The normalized spacial score (nSPS) is 31.6. The van der Waals surface area contributed by atoms with Crippen molar-refractivity contribution in [3.63, 3.8) is 0 Å². The Morgan fingerprint density at radius 1 is 0.862 bits per heavy atom. The van der Waals surface area contributed by atoms with Crippen LogP contribution in [-0.4, -0.2) is 11.8 Å². The molecule has 2 atom stereocenters. The van der Waals surface area contributed by atoms with Crippen LogP contribution in [0.15, 0.2) is 59.7 Å². The SMILES string of the molecule is [N-]=[N+]=NC1CC(=O)C2(CCC(C3Cc4ccccc4C3)CC2)C1c1ccccc1. The fourth-order valence-electron chi connectivity index (χ4n) is 6.57. The fourth-order valence-corrected chi connectivity index (χ4v) is 6.57. The first-order valence-electron chi connectivity index (χ1n) is 10.9. The molecule has 4 heteroatoms. The number of ketones is 1. The molecule has 0 heterocycles. The Morgan fingerprint density at radius 2 is 1.48 bits per heavy atom. The number of carbonyl (C=O) groups is 1. The van der Waals surface area contributed by atoms with Gasteiger partial charge in [-0.1, -0.05) is 59.7 Å². The first kappa shape index (κ1) is 18.4. The summed E-state index contributed by atoms with van der Waals surface area (Å²) in [5.41, 5.74) is 12.9. The molecule has 0 aliphatic heterocycles. The second-order valence-corrected chi connectivity index (χ2v) is 9.22. The van der Waals surface area contributed by atoms with E-state index in [1.165, 1.54) is 24.0 Å². The summed E-state index contributed by atoms with van der Waals surface area (Å²) in [6, 6.07) is 18.9. The number of benzene rings is 2. The fraction of sp³-hybridized carbons (Fsp3) is 0.480. The van der Waals surface area contributed by atoms with Crippen LogP contribution in [0.4, 0.5) is 0 Å². The van der Waals surface area contributed by atoms with Gasteiger partial charge in [0.15, 0.2) is 0 Å². The quantitative estimate of drug-likeness (QED) is 0.362. The first-order chi connectivity index (χ1) is 14.2. The average molecular weight is 386 g/mol. The molecule has 2 fully saturated rings. The average Bonchev–Trinajstić information content (AvgIpc) is 3.29. The van der Waals surface area contributed by atoms with Gasteiger partial charge in [-0.25, -0.2) is 0 Å². The van der Waals surface area contributed by atoms with Gasteiger partial charge in [0.1, 0.15) is 5.78 Å². The van der Waals surface area contributed by atoms with Gasteiger partial charge in [0.2, 0.25) is 0 Å². The van der Waals surface area contributed by atoms with E-state index in [1.54, 1.807) is 0 Å². The zero-order chi connectivity index (χ0) is 19.8. The monoisotopic (exact) mass is 385 g/mol. The molecule has 0 saturated heterocycles. The topological polar surface area (TPSA) is 65.8 Å². The molecule has 3 aliphatic carbocycles. The Bertz CT molecular complexity index is 930. The Labute approximate surface area is 172 Å². The van der Waals surface area contributed by atoms with Crippen molar-refractivity contribution in [2.24, 2.45) is 22.4 Å². The highest BCUT2D eigenvalue weighted by Crippen LogP contribution is 2.58. The third-order valence-electron chi connectivity index (χ3n) is 7.96. The van der Waals surface area contributed by atoms with E-state index in [2.05, 4.69) is 46.4 Å². The van der Waals surface area contributed by atoms with Gasteiger partial charge in [-0.3, -0.25) is 4.79 Å². The van der Waals surface area contributed by atoms with Gasteiger partial charge in [-0.15, -0.1) is 0 Å². The molecule has 0 amide bonds. The van der Waals surface area contributed by atoms with Crippen molar-refractivity contribution in [3.8, 4) is 0 Å². The molecule has 0 radical (unpaired) electrons. The minimum Gasteiger partial charge on any atom is -0.299 e. The molecule has 3 aliphatic rings. The van der Waals surface area contributed by atoms with Crippen molar-refractivity contribution in [2.45, 2.75) is 56.9 Å². The van der Waals surface area contributed by atoms with Gasteiger partial charge in [0.05, 0.1) is 6.04 Å². The summed E-state index contributed by atoms with van der Waals surface area (Å²) in [7, 11) is 0. The van der Waals surface area contributed by atoms with Crippen LogP contribution >= 0.6 is 0 Å². The summed E-state index contributed by atoms with van der Waals surface area (Å²) in [5, 5.41) is 4.06. The van der Waals surface area contributed by atoms with Gasteiger partial charge < -0.3 is 0 Å². The second-order valence-electron chi connectivity index (χ2n) is 9.22. The summed E-state index contributed by atoms with van der Waals surface area (Å²) in [6.45, 7) is 0. The number of hydrogen-bond acceptors (Lipinski definition) is 2. The molecule has 4 nitrogen and oxygen atoms in total. The van der Waals surface area contributed by atoms with E-state index in [0.717, 1.165) is 31.2 Å². The minimum atomic E-state index is -0.345. The summed E-state index contributed by atoms with van der Waals surface area (Å²) in [6.07, 6.45) is 6.84. The molecule has 0 aromatic heterocycles. The van der Waals surface area contributed by atoms with E-state index in [1.807, 2.05) is 18.2 Å². The molecular formula is C25H27N3O. The smallest absolute Gasteiger partial charge is 0.140 e. The third kappa shape index (κ3) is 3.07. The van der Waals surface area contributed by atoms with Crippen molar-refractivity contribution in [1.29, 1.82) is 0 Å². The van der Waals surface area contributed by atoms with Crippen LogP contribution in [0.1, 0.15) is 54.7 Å². The van der Waals surface area contributed by atoms with E-state index in [4.69, 9.17) is 5.53 Å². The zero-order valence-electron chi connectivity index (χ0n) is 16.7. The van der Waals surface area contributed by atoms with Crippen LogP contribution in [0, 0.1) is 17.3 Å². The van der Waals surface area contributed by atoms with Crippen LogP contribution in [0.25, 0.3) is 10.4 Å². The predicted molar refractivity (Wildman–Crippen MR) is 113 cm³/mol. The molecule has 2 saturated carbocycles. The van der Waals surface area contributed by atoms with Crippen LogP contribution < -0.4 is 0 Å². The molecule has 5 rings (SSSR count). The molecule has 0 bridgehead atoms. The third-order valence-corrected chi connectivity index (χ3v) is 7.96. The molecule has 0 N–H and O–H groups in total. The number of carbonyl (C=O) groups excluding carboxylic acids is 1. The van der Waals surface area contributed by atoms with Crippen molar-refractivity contribution in [3.05, 3.63) is 81.7 Å². The maximum absolute atomic E-state index is 13.2. The van der Waals surface area contributed by atoms with Gasteiger partial charge in [-0.2, -0.15) is 0 Å². The van der Waals surface area contributed by atoms with Gasteiger partial charge >= 0.3 is 0 Å². The van der Waals surface area contributed by atoms with Crippen molar-refractivity contribution >= 4 is 5.78 Å². The maximum Gasteiger partial charge on any atom is 0.140 e. The Kier molecular flexibility index (Phi) is 4.67. The van der Waals surface area contributed by atoms with E-state index in [9.17, 15) is 4.79 Å². The summed E-state index contributed by atoms with van der Waals surface area (Å²) in [4.78, 5) is 16.3. The first-order valence-corrected chi connectivity index (χ1v) is 10.9. The minimum absolute atomic E-state index is 0.0221. The lowest BCUT2D eigenvalue weighted by Crippen LogP contribution is -2.38. The van der Waals surface area contributed by atoms with E-state index >= 15 is 0 Å². The standard InChI is InChI=1S/C25H27N3O/c26-28-27-22-16-23(29)25(24(22)18-6-2-1-3-7-18)12-10-17(11-13-25)21-14-19-8-4-5-9-20(19)15-21/h1-9,17,21-22,24H,10-16H2. The van der Waals surface area contributed by atoms with Gasteiger partial charge in [0.25, 0.3) is 0 Å². The van der Waals surface area contributed by atoms with E-state index < -0.39 is 0 Å². The summed E-state index contributed by atoms with van der Waals surface area (Å²) >= 11 is 0. The lowest BCUT2D eigenvalue weighted by atomic mass is 9.60. The van der Waals surface area contributed by atoms with Crippen LogP contribution in [-0.2, 0) is 17.6 Å². The Morgan fingerprint density at radius 3 is 2.10 bits per heavy atom. The zero-order valence-corrected chi connectivity index (χ0v) is 16.7. The highest BCUT2D eigenvalue weighted by Gasteiger charge is 2.56. The highest BCUT2D eigenvalue weighted by atomic mass is 16.1.